The van der Waals surface area contributed by atoms with Gasteiger partial charge in [0.2, 0.25) is 0 Å². The third-order valence-corrected chi connectivity index (χ3v) is 3.03. The zero-order chi connectivity index (χ0) is 12.3. The number of nitrogens with one attached hydrogen (secondary N) is 1. The Bertz CT molecular complexity index is 494. The van der Waals surface area contributed by atoms with E-state index in [0.717, 1.165) is 23.3 Å². The molecule has 0 saturated heterocycles. The van der Waals surface area contributed by atoms with Crippen molar-refractivity contribution < 1.29 is 0 Å². The van der Waals surface area contributed by atoms with Gasteiger partial charge >= 0.3 is 0 Å². The van der Waals surface area contributed by atoms with Gasteiger partial charge in [-0.05, 0) is 24.5 Å². The molecule has 17 heavy (non-hydrogen) atoms. The first-order valence-electron chi connectivity index (χ1n) is 6.19. The lowest BCUT2D eigenvalue weighted by atomic mass is 10.0. The van der Waals surface area contributed by atoms with Crippen molar-refractivity contribution in [3.8, 4) is 0 Å². The maximum absolute atomic E-state index is 4.57. The number of hydrogen-bond acceptors (Lipinski definition) is 3. The Morgan fingerprint density at radius 2 is 1.88 bits per heavy atom. The second kappa shape index (κ2) is 5.13. The van der Waals surface area contributed by atoms with Crippen molar-refractivity contribution in [1.29, 1.82) is 0 Å². The Hall–Kier alpha value is -1.64. The van der Waals surface area contributed by atoms with Crippen molar-refractivity contribution in [3.05, 3.63) is 30.5 Å². The Balaban J connectivity index is 2.24. The van der Waals surface area contributed by atoms with Gasteiger partial charge in [0.05, 0.1) is 17.2 Å². The van der Waals surface area contributed by atoms with E-state index in [1.165, 1.54) is 0 Å². The summed E-state index contributed by atoms with van der Waals surface area (Å²) in [5, 5.41) is 3.45. The normalized spacial score (nSPS) is 12.9. The number of para-hydroxylation sites is 2. The third kappa shape index (κ3) is 2.73. The van der Waals surface area contributed by atoms with E-state index in [0.29, 0.717) is 12.0 Å². The molecule has 0 fully saturated rings. The van der Waals surface area contributed by atoms with Crippen molar-refractivity contribution in [2.24, 2.45) is 5.92 Å². The molecule has 0 radical (unpaired) electrons. The first kappa shape index (κ1) is 11.8. The topological polar surface area (TPSA) is 37.8 Å². The molecule has 2 aromatic rings. The van der Waals surface area contributed by atoms with Crippen molar-refractivity contribution in [1.82, 2.24) is 9.97 Å². The van der Waals surface area contributed by atoms with E-state index in [9.17, 15) is 0 Å². The number of fused-ring (bicyclic) bond motifs is 1. The first-order valence-corrected chi connectivity index (χ1v) is 6.19. The Labute approximate surface area is 102 Å². The summed E-state index contributed by atoms with van der Waals surface area (Å²) in [4.78, 5) is 8.97. The lowest BCUT2D eigenvalue weighted by Gasteiger charge is -2.21. The van der Waals surface area contributed by atoms with Crippen LogP contribution in [0.2, 0.25) is 0 Å². The van der Waals surface area contributed by atoms with E-state index >= 15 is 0 Å². The highest BCUT2D eigenvalue weighted by Crippen LogP contribution is 2.15. The van der Waals surface area contributed by atoms with Crippen LogP contribution < -0.4 is 5.32 Å². The molecule has 0 amide bonds. The minimum atomic E-state index is 0.450. The minimum absolute atomic E-state index is 0.450. The van der Waals surface area contributed by atoms with E-state index in [1.54, 1.807) is 0 Å². The standard InChI is InChI=1S/C14H19N3/c1-4-11(10(2)3)16-14-9-15-12-7-5-6-8-13(12)17-14/h5-11H,4H2,1-3H3,(H,16,17). The molecule has 0 spiro atoms. The summed E-state index contributed by atoms with van der Waals surface area (Å²) in [7, 11) is 0. The molecule has 1 aromatic carbocycles. The van der Waals surface area contributed by atoms with Gasteiger partial charge in [-0.1, -0.05) is 32.9 Å². The molecule has 0 aliphatic carbocycles. The Morgan fingerprint density at radius 3 is 2.53 bits per heavy atom. The summed E-state index contributed by atoms with van der Waals surface area (Å²) < 4.78 is 0. The molecule has 0 aliphatic heterocycles. The maximum atomic E-state index is 4.57. The minimum Gasteiger partial charge on any atom is -0.366 e. The van der Waals surface area contributed by atoms with E-state index in [1.807, 2.05) is 30.5 Å². The van der Waals surface area contributed by atoms with E-state index < -0.39 is 0 Å². The molecule has 1 unspecified atom stereocenters. The molecular weight excluding hydrogens is 210 g/mol. The predicted octanol–water partition coefficient (Wildman–Crippen LogP) is 3.48. The Morgan fingerprint density at radius 1 is 1.18 bits per heavy atom. The number of aromatic nitrogens is 2. The van der Waals surface area contributed by atoms with Gasteiger partial charge < -0.3 is 5.32 Å². The van der Waals surface area contributed by atoms with Gasteiger partial charge in [-0.3, -0.25) is 4.98 Å². The number of benzene rings is 1. The maximum Gasteiger partial charge on any atom is 0.145 e. The van der Waals surface area contributed by atoms with Gasteiger partial charge in [-0.15, -0.1) is 0 Å². The monoisotopic (exact) mass is 229 g/mol. The van der Waals surface area contributed by atoms with Crippen LogP contribution in [0.15, 0.2) is 30.5 Å². The lowest BCUT2D eigenvalue weighted by Crippen LogP contribution is -2.25. The smallest absolute Gasteiger partial charge is 0.145 e. The SMILES string of the molecule is CCC(Nc1cnc2ccccc2n1)C(C)C. The van der Waals surface area contributed by atoms with Gasteiger partial charge in [0.15, 0.2) is 0 Å². The third-order valence-electron chi connectivity index (χ3n) is 3.03. The summed E-state index contributed by atoms with van der Waals surface area (Å²) in [5.41, 5.74) is 1.88. The molecule has 0 saturated carbocycles. The largest absolute Gasteiger partial charge is 0.366 e. The van der Waals surface area contributed by atoms with Crippen LogP contribution in [0.25, 0.3) is 11.0 Å². The van der Waals surface area contributed by atoms with E-state index in [-0.39, 0.29) is 0 Å². The molecule has 3 nitrogen and oxygen atoms in total. The first-order chi connectivity index (χ1) is 8.20. The highest BCUT2D eigenvalue weighted by atomic mass is 15.0. The molecule has 90 valence electrons. The van der Waals surface area contributed by atoms with Crippen LogP contribution in [0.3, 0.4) is 0 Å². The van der Waals surface area contributed by atoms with Crippen molar-refractivity contribution in [2.75, 3.05) is 5.32 Å². The molecule has 1 atom stereocenters. The predicted molar refractivity (Wildman–Crippen MR) is 72.1 cm³/mol. The molecule has 1 aromatic heterocycles. The van der Waals surface area contributed by atoms with Crippen LogP contribution in [0.1, 0.15) is 27.2 Å². The molecule has 2 rings (SSSR count). The quantitative estimate of drug-likeness (QED) is 0.872. The summed E-state index contributed by atoms with van der Waals surface area (Å²) in [5.74, 6) is 1.46. The van der Waals surface area contributed by atoms with E-state index in [2.05, 4.69) is 36.1 Å². The van der Waals surface area contributed by atoms with Crippen molar-refractivity contribution in [2.45, 2.75) is 33.2 Å². The number of hydrogen-bond donors (Lipinski definition) is 1. The lowest BCUT2D eigenvalue weighted by molar-refractivity contribution is 0.510. The average Bonchev–Trinajstić information content (AvgIpc) is 2.35. The number of nitrogens with zero attached hydrogens (tertiary/aromatic N) is 2. The zero-order valence-electron chi connectivity index (χ0n) is 10.6. The second-order valence-electron chi connectivity index (χ2n) is 4.65. The molecule has 0 bridgehead atoms. The van der Waals surface area contributed by atoms with Gasteiger partial charge in [0.25, 0.3) is 0 Å². The number of anilines is 1. The number of rotatable bonds is 4. The molecule has 0 aliphatic rings. The fourth-order valence-corrected chi connectivity index (χ4v) is 1.96. The molecular formula is C14H19N3. The van der Waals surface area contributed by atoms with Crippen LogP contribution in [-0.4, -0.2) is 16.0 Å². The summed E-state index contributed by atoms with van der Waals surface area (Å²) in [6.07, 6.45) is 2.90. The van der Waals surface area contributed by atoms with Crippen LogP contribution in [0.4, 0.5) is 5.82 Å². The summed E-state index contributed by atoms with van der Waals surface area (Å²) >= 11 is 0. The fourth-order valence-electron chi connectivity index (χ4n) is 1.96. The average molecular weight is 229 g/mol. The summed E-state index contributed by atoms with van der Waals surface area (Å²) in [6.45, 7) is 6.62. The second-order valence-corrected chi connectivity index (χ2v) is 4.65. The van der Waals surface area contributed by atoms with Gasteiger partial charge in [-0.2, -0.15) is 0 Å². The Kier molecular flexibility index (Phi) is 3.57. The van der Waals surface area contributed by atoms with Gasteiger partial charge in [-0.25, -0.2) is 4.98 Å². The van der Waals surface area contributed by atoms with E-state index in [4.69, 9.17) is 0 Å². The highest BCUT2D eigenvalue weighted by Gasteiger charge is 2.11. The van der Waals surface area contributed by atoms with Crippen LogP contribution in [-0.2, 0) is 0 Å². The van der Waals surface area contributed by atoms with Crippen LogP contribution >= 0.6 is 0 Å². The summed E-state index contributed by atoms with van der Waals surface area (Å²) in [6, 6.07) is 8.38. The molecule has 1 N–H and O–H groups in total. The highest BCUT2D eigenvalue weighted by molar-refractivity contribution is 5.75. The van der Waals surface area contributed by atoms with Crippen molar-refractivity contribution >= 4 is 16.9 Å². The van der Waals surface area contributed by atoms with Crippen LogP contribution in [0, 0.1) is 5.92 Å². The zero-order valence-corrected chi connectivity index (χ0v) is 10.6. The van der Waals surface area contributed by atoms with Crippen LogP contribution in [0.5, 0.6) is 0 Å². The van der Waals surface area contributed by atoms with Gasteiger partial charge in [0.1, 0.15) is 5.82 Å². The van der Waals surface area contributed by atoms with Crippen molar-refractivity contribution in [3.63, 3.8) is 0 Å². The van der Waals surface area contributed by atoms with Gasteiger partial charge in [0, 0.05) is 6.04 Å². The molecule has 1 heterocycles. The molecule has 3 heteroatoms. The fraction of sp³-hybridized carbons (Fsp3) is 0.429.